The smallest absolute Gasteiger partial charge is 0.354 e. The molecule has 1 aromatic heterocycles. The third-order valence-electron chi connectivity index (χ3n) is 6.34. The van der Waals surface area contributed by atoms with Crippen LogP contribution in [0.3, 0.4) is 0 Å². The number of carbonyl (C=O) groups excluding carboxylic acids is 1. The molecule has 1 aliphatic heterocycles. The van der Waals surface area contributed by atoms with E-state index < -0.39 is 17.9 Å². The molecule has 1 atom stereocenters. The van der Waals surface area contributed by atoms with Gasteiger partial charge in [0.1, 0.15) is 0 Å². The maximum atomic E-state index is 13.7. The topological polar surface area (TPSA) is 111 Å². The molecule has 0 bridgehead atoms. The Balaban J connectivity index is 1.42. The number of unbranched alkanes of at least 4 members (excludes halogenated alkanes) is 1. The molecule has 5 rings (SSSR count). The predicted molar refractivity (Wildman–Crippen MR) is 147 cm³/mol. The molecular formula is C28H27F3N6OS. The molecule has 202 valence electrons. The summed E-state index contributed by atoms with van der Waals surface area (Å²) in [4.78, 5) is 14.4. The molecule has 1 aliphatic rings. The lowest BCUT2D eigenvalue weighted by Gasteiger charge is -2.21. The van der Waals surface area contributed by atoms with Crippen molar-refractivity contribution in [1.82, 2.24) is 9.78 Å². The van der Waals surface area contributed by atoms with E-state index >= 15 is 0 Å². The van der Waals surface area contributed by atoms with Gasteiger partial charge in [-0.1, -0.05) is 36.4 Å². The lowest BCUT2D eigenvalue weighted by atomic mass is 10.1. The molecule has 2 heterocycles. The van der Waals surface area contributed by atoms with E-state index in [0.717, 1.165) is 40.1 Å². The van der Waals surface area contributed by atoms with Crippen LogP contribution in [0.4, 0.5) is 30.2 Å². The van der Waals surface area contributed by atoms with Gasteiger partial charge in [0, 0.05) is 21.0 Å². The van der Waals surface area contributed by atoms with Crippen molar-refractivity contribution >= 4 is 34.7 Å². The monoisotopic (exact) mass is 552 g/mol. The molecule has 0 saturated carbocycles. The molecule has 0 saturated heterocycles. The van der Waals surface area contributed by atoms with Gasteiger partial charge in [0.25, 0.3) is 0 Å². The van der Waals surface area contributed by atoms with Crippen molar-refractivity contribution in [3.8, 4) is 16.9 Å². The average Bonchev–Trinajstić information content (AvgIpc) is 3.38. The van der Waals surface area contributed by atoms with Crippen LogP contribution in [0.1, 0.15) is 25.0 Å². The van der Waals surface area contributed by atoms with Crippen molar-refractivity contribution in [2.75, 3.05) is 17.2 Å². The minimum Gasteiger partial charge on any atom is -0.354 e. The number of amides is 1. The Kier molecular flexibility index (Phi) is 7.65. The summed E-state index contributed by atoms with van der Waals surface area (Å²) in [5, 5.41) is 10.0. The van der Waals surface area contributed by atoms with Crippen LogP contribution in [-0.2, 0) is 11.0 Å². The van der Waals surface area contributed by atoms with Gasteiger partial charge < -0.3 is 22.1 Å². The Morgan fingerprint density at radius 3 is 2.49 bits per heavy atom. The lowest BCUT2D eigenvalue weighted by molar-refractivity contribution is -0.141. The zero-order valence-corrected chi connectivity index (χ0v) is 21.6. The Morgan fingerprint density at radius 2 is 1.74 bits per heavy atom. The molecule has 0 spiro atoms. The first kappa shape index (κ1) is 26.8. The summed E-state index contributed by atoms with van der Waals surface area (Å²) in [7, 11) is 0. The minimum absolute atomic E-state index is 0.287. The second-order valence-electron chi connectivity index (χ2n) is 9.19. The third-order valence-corrected chi connectivity index (χ3v) is 7.49. The number of hydrogen-bond acceptors (Lipinski definition) is 6. The van der Waals surface area contributed by atoms with E-state index in [1.807, 2.05) is 36.4 Å². The summed E-state index contributed by atoms with van der Waals surface area (Å²) in [6.45, 7) is 0.538. The Bertz CT molecular complexity index is 1490. The highest BCUT2D eigenvalue weighted by atomic mass is 32.2. The second kappa shape index (κ2) is 11.1. The first-order valence-corrected chi connectivity index (χ1v) is 13.3. The molecule has 4 aromatic rings. The van der Waals surface area contributed by atoms with E-state index in [0.29, 0.717) is 29.9 Å². The quantitative estimate of drug-likeness (QED) is 0.172. The predicted octanol–water partition coefficient (Wildman–Crippen LogP) is 6.16. The van der Waals surface area contributed by atoms with Gasteiger partial charge in [0.2, 0.25) is 5.91 Å². The van der Waals surface area contributed by atoms with Gasteiger partial charge in [-0.2, -0.15) is 18.3 Å². The zero-order chi connectivity index (χ0) is 27.6. The number of nitrogens with two attached hydrogens (primary N) is 2. The van der Waals surface area contributed by atoms with Gasteiger partial charge >= 0.3 is 6.18 Å². The van der Waals surface area contributed by atoms with Crippen LogP contribution >= 0.6 is 11.8 Å². The van der Waals surface area contributed by atoms with E-state index in [9.17, 15) is 18.0 Å². The second-order valence-corrected chi connectivity index (χ2v) is 10.3. The molecule has 0 fully saturated rings. The van der Waals surface area contributed by atoms with Crippen molar-refractivity contribution in [2.45, 2.75) is 41.3 Å². The molecule has 1 amide bonds. The highest BCUT2D eigenvalue weighted by Crippen LogP contribution is 2.45. The van der Waals surface area contributed by atoms with Gasteiger partial charge in [0.15, 0.2) is 5.69 Å². The first-order chi connectivity index (χ1) is 18.7. The number of aromatic nitrogens is 2. The van der Waals surface area contributed by atoms with Crippen LogP contribution < -0.4 is 22.1 Å². The number of anilines is 3. The Hall–Kier alpha value is -3.80. The molecular weight excluding hydrogens is 525 g/mol. The largest absolute Gasteiger partial charge is 0.435 e. The molecule has 0 aliphatic carbocycles. The summed E-state index contributed by atoms with van der Waals surface area (Å²) in [6.07, 6.45) is -2.57. The fourth-order valence-corrected chi connectivity index (χ4v) is 5.25. The number of nitrogens with zero attached hydrogens (tertiary/aromatic N) is 2. The standard InChI is InChI=1S/C28H27F3N6OS/c29-28(30,31)26-16-23(17-8-13-25-22(15-17)35-21-6-1-2-7-24(21)39-25)37(36-26)19-11-9-18(10-12-19)34-27(38)20(33)5-3-4-14-32/h1-2,6-13,15-16,20,35H,3-5,14,32-33H2,(H,34,38)/t20-/m0/s1. The molecule has 0 radical (unpaired) electrons. The maximum absolute atomic E-state index is 13.7. The number of alkyl halides is 3. The van der Waals surface area contributed by atoms with Crippen LogP contribution in [-0.4, -0.2) is 28.3 Å². The van der Waals surface area contributed by atoms with Gasteiger partial charge in [-0.15, -0.1) is 0 Å². The highest BCUT2D eigenvalue weighted by Gasteiger charge is 2.35. The van der Waals surface area contributed by atoms with E-state index in [4.69, 9.17) is 11.5 Å². The van der Waals surface area contributed by atoms with Crippen molar-refractivity contribution in [3.63, 3.8) is 0 Å². The van der Waals surface area contributed by atoms with E-state index in [-0.39, 0.29) is 11.6 Å². The fraction of sp³-hybridized carbons (Fsp3) is 0.214. The molecule has 0 unspecified atom stereocenters. The SMILES string of the molecule is NCCCC[C@H](N)C(=O)Nc1ccc(-n2nc(C(F)(F)F)cc2-c2ccc3c(c2)Nc2ccccc2S3)cc1. The summed E-state index contributed by atoms with van der Waals surface area (Å²) in [6, 6.07) is 20.2. The van der Waals surface area contributed by atoms with Crippen molar-refractivity contribution in [2.24, 2.45) is 11.5 Å². The van der Waals surface area contributed by atoms with Gasteiger partial charge in [-0.3, -0.25) is 4.79 Å². The average molecular weight is 553 g/mol. The summed E-state index contributed by atoms with van der Waals surface area (Å²) < 4.78 is 42.3. The number of hydrogen-bond donors (Lipinski definition) is 4. The van der Waals surface area contributed by atoms with Gasteiger partial charge in [-0.25, -0.2) is 4.68 Å². The van der Waals surface area contributed by atoms with Crippen LogP contribution in [0.15, 0.2) is 82.6 Å². The molecule has 3 aromatic carbocycles. The van der Waals surface area contributed by atoms with Crippen LogP contribution in [0.2, 0.25) is 0 Å². The number of rotatable bonds is 8. The summed E-state index contributed by atoms with van der Waals surface area (Å²) >= 11 is 1.60. The number of carbonyl (C=O) groups is 1. The number of para-hydroxylation sites is 1. The highest BCUT2D eigenvalue weighted by molar-refractivity contribution is 7.99. The van der Waals surface area contributed by atoms with Gasteiger partial charge in [-0.05, 0) is 74.0 Å². The number of fused-ring (bicyclic) bond motifs is 2. The van der Waals surface area contributed by atoms with E-state index in [2.05, 4.69) is 15.7 Å². The fourth-order valence-electron chi connectivity index (χ4n) is 4.28. The molecule has 6 N–H and O–H groups in total. The number of benzene rings is 3. The van der Waals surface area contributed by atoms with Crippen molar-refractivity contribution in [1.29, 1.82) is 0 Å². The van der Waals surface area contributed by atoms with Crippen molar-refractivity contribution < 1.29 is 18.0 Å². The zero-order valence-electron chi connectivity index (χ0n) is 20.8. The Morgan fingerprint density at radius 1 is 1.00 bits per heavy atom. The van der Waals surface area contributed by atoms with Crippen molar-refractivity contribution in [3.05, 3.63) is 78.5 Å². The third kappa shape index (κ3) is 5.95. The molecule has 11 heteroatoms. The Labute approximate surface area is 227 Å². The van der Waals surface area contributed by atoms with Crippen LogP contribution in [0.5, 0.6) is 0 Å². The summed E-state index contributed by atoms with van der Waals surface area (Å²) in [5.41, 5.74) is 13.9. The van der Waals surface area contributed by atoms with E-state index in [1.54, 1.807) is 42.1 Å². The van der Waals surface area contributed by atoms with Crippen LogP contribution in [0.25, 0.3) is 16.9 Å². The maximum Gasteiger partial charge on any atom is 0.435 e. The lowest BCUT2D eigenvalue weighted by Crippen LogP contribution is -2.35. The molecule has 39 heavy (non-hydrogen) atoms. The van der Waals surface area contributed by atoms with Gasteiger partial charge in [0.05, 0.1) is 28.8 Å². The first-order valence-electron chi connectivity index (χ1n) is 12.5. The molecule has 7 nitrogen and oxygen atoms in total. The number of nitrogens with one attached hydrogen (secondary N) is 2. The minimum atomic E-state index is -4.62. The normalized spacial score (nSPS) is 13.3. The number of halogens is 3. The van der Waals surface area contributed by atoms with E-state index in [1.165, 1.54) is 4.68 Å². The van der Waals surface area contributed by atoms with Crippen LogP contribution in [0, 0.1) is 0 Å². The summed E-state index contributed by atoms with van der Waals surface area (Å²) in [5.74, 6) is -0.333.